The molecule has 3 heteroatoms. The molecule has 0 atom stereocenters. The zero-order valence-electron chi connectivity index (χ0n) is 11.3. The lowest BCUT2D eigenvalue weighted by atomic mass is 10.0. The average Bonchev–Trinajstić information content (AvgIpc) is 2.35. The Morgan fingerprint density at radius 3 is 2.78 bits per heavy atom. The van der Waals surface area contributed by atoms with Gasteiger partial charge in [-0.15, -0.1) is 0 Å². The Morgan fingerprint density at radius 1 is 1.33 bits per heavy atom. The van der Waals surface area contributed by atoms with Gasteiger partial charge in [0.05, 0.1) is 6.42 Å². The monoisotopic (exact) mass is 246 g/mol. The highest BCUT2D eigenvalue weighted by molar-refractivity contribution is 5.79. The summed E-state index contributed by atoms with van der Waals surface area (Å²) in [4.78, 5) is 12.0. The van der Waals surface area contributed by atoms with E-state index in [1.165, 1.54) is 11.1 Å². The second-order valence-electron chi connectivity index (χ2n) is 5.20. The topological polar surface area (TPSA) is 41.1 Å². The lowest BCUT2D eigenvalue weighted by Gasteiger charge is -2.23. The third kappa shape index (κ3) is 3.57. The number of carbonyl (C=O) groups excluding carboxylic acids is 1. The van der Waals surface area contributed by atoms with E-state index in [4.69, 9.17) is 0 Å². The van der Waals surface area contributed by atoms with Gasteiger partial charge in [-0.1, -0.05) is 23.8 Å². The number of hydrogen-bond acceptors (Lipinski definition) is 2. The predicted molar refractivity (Wildman–Crippen MR) is 73.7 cm³/mol. The first kappa shape index (κ1) is 13.1. The fraction of sp³-hybridized carbons (Fsp3) is 0.533. The highest BCUT2D eigenvalue weighted by Crippen LogP contribution is 2.12. The summed E-state index contributed by atoms with van der Waals surface area (Å²) >= 11 is 0. The molecule has 0 radical (unpaired) electrons. The van der Waals surface area contributed by atoms with E-state index in [1.807, 2.05) is 0 Å². The van der Waals surface area contributed by atoms with E-state index in [9.17, 15) is 4.79 Å². The van der Waals surface area contributed by atoms with Crippen LogP contribution in [-0.2, 0) is 11.2 Å². The molecule has 1 saturated heterocycles. The van der Waals surface area contributed by atoms with Crippen LogP contribution in [0.15, 0.2) is 18.2 Å². The minimum Gasteiger partial charge on any atom is -0.353 e. The molecule has 98 valence electrons. The van der Waals surface area contributed by atoms with Crippen molar-refractivity contribution in [1.82, 2.24) is 10.6 Å². The Bertz CT molecular complexity index is 423. The van der Waals surface area contributed by atoms with Gasteiger partial charge in [-0.25, -0.2) is 0 Å². The van der Waals surface area contributed by atoms with Crippen LogP contribution >= 0.6 is 0 Å². The maximum Gasteiger partial charge on any atom is 0.224 e. The second-order valence-corrected chi connectivity index (χ2v) is 5.20. The van der Waals surface area contributed by atoms with Crippen molar-refractivity contribution in [2.24, 2.45) is 0 Å². The summed E-state index contributed by atoms with van der Waals surface area (Å²) in [5, 5.41) is 6.44. The summed E-state index contributed by atoms with van der Waals surface area (Å²) in [5.74, 6) is 0.149. The van der Waals surface area contributed by atoms with Gasteiger partial charge >= 0.3 is 0 Å². The SMILES string of the molecule is Cc1ccc(C)c(CC(=O)NC2CCNCC2)c1. The van der Waals surface area contributed by atoms with Crippen molar-refractivity contribution in [3.63, 3.8) is 0 Å². The van der Waals surface area contributed by atoms with E-state index < -0.39 is 0 Å². The number of benzene rings is 1. The van der Waals surface area contributed by atoms with Crippen molar-refractivity contribution in [1.29, 1.82) is 0 Å². The van der Waals surface area contributed by atoms with Crippen LogP contribution in [0.3, 0.4) is 0 Å². The van der Waals surface area contributed by atoms with Crippen LogP contribution in [0.4, 0.5) is 0 Å². The van der Waals surface area contributed by atoms with Crippen molar-refractivity contribution in [2.75, 3.05) is 13.1 Å². The first-order valence-corrected chi connectivity index (χ1v) is 6.71. The van der Waals surface area contributed by atoms with Crippen molar-refractivity contribution in [3.05, 3.63) is 34.9 Å². The fourth-order valence-corrected chi connectivity index (χ4v) is 2.41. The van der Waals surface area contributed by atoms with Crippen LogP contribution in [0.5, 0.6) is 0 Å². The molecule has 0 aliphatic carbocycles. The highest BCUT2D eigenvalue weighted by Gasteiger charge is 2.15. The Labute approximate surface area is 109 Å². The maximum absolute atomic E-state index is 12.0. The minimum absolute atomic E-state index is 0.149. The molecule has 0 unspecified atom stereocenters. The van der Waals surface area contributed by atoms with Gasteiger partial charge in [0, 0.05) is 6.04 Å². The highest BCUT2D eigenvalue weighted by atomic mass is 16.1. The van der Waals surface area contributed by atoms with Crippen LogP contribution in [0.25, 0.3) is 0 Å². The van der Waals surface area contributed by atoms with Crippen LogP contribution in [-0.4, -0.2) is 25.0 Å². The number of piperidine rings is 1. The molecule has 1 aliphatic heterocycles. The summed E-state index contributed by atoms with van der Waals surface area (Å²) in [7, 11) is 0. The number of aryl methyl sites for hydroxylation is 2. The Kier molecular flexibility index (Phi) is 4.37. The molecule has 2 N–H and O–H groups in total. The van der Waals surface area contributed by atoms with Crippen molar-refractivity contribution < 1.29 is 4.79 Å². The van der Waals surface area contributed by atoms with Crippen LogP contribution in [0, 0.1) is 13.8 Å². The molecule has 3 nitrogen and oxygen atoms in total. The fourth-order valence-electron chi connectivity index (χ4n) is 2.41. The number of hydrogen-bond donors (Lipinski definition) is 2. The predicted octanol–water partition coefficient (Wildman–Crippen LogP) is 1.71. The molecule has 1 aromatic carbocycles. The van der Waals surface area contributed by atoms with Gasteiger partial charge in [-0.2, -0.15) is 0 Å². The van der Waals surface area contributed by atoms with Gasteiger partial charge in [0.25, 0.3) is 0 Å². The van der Waals surface area contributed by atoms with Gasteiger partial charge in [0.15, 0.2) is 0 Å². The molecule has 1 amide bonds. The molecule has 1 aliphatic rings. The number of amides is 1. The Morgan fingerprint density at radius 2 is 2.06 bits per heavy atom. The molecule has 0 aromatic heterocycles. The zero-order valence-corrected chi connectivity index (χ0v) is 11.3. The molecule has 18 heavy (non-hydrogen) atoms. The first-order valence-electron chi connectivity index (χ1n) is 6.71. The summed E-state index contributed by atoms with van der Waals surface area (Å²) in [6, 6.07) is 6.63. The molecule has 0 bridgehead atoms. The number of carbonyl (C=O) groups is 1. The molecule has 1 aromatic rings. The first-order chi connectivity index (χ1) is 8.65. The van der Waals surface area contributed by atoms with Gasteiger partial charge < -0.3 is 10.6 Å². The van der Waals surface area contributed by atoms with Crippen molar-refractivity contribution >= 4 is 5.91 Å². The Balaban J connectivity index is 1.92. The second kappa shape index (κ2) is 6.01. The largest absolute Gasteiger partial charge is 0.353 e. The molecule has 1 heterocycles. The lowest BCUT2D eigenvalue weighted by Crippen LogP contribution is -2.43. The van der Waals surface area contributed by atoms with E-state index in [2.05, 4.69) is 42.7 Å². The van der Waals surface area contributed by atoms with E-state index >= 15 is 0 Å². The van der Waals surface area contributed by atoms with Crippen molar-refractivity contribution in [2.45, 2.75) is 39.2 Å². The summed E-state index contributed by atoms with van der Waals surface area (Å²) in [6.07, 6.45) is 2.58. The van der Waals surface area contributed by atoms with Crippen LogP contribution < -0.4 is 10.6 Å². The van der Waals surface area contributed by atoms with E-state index in [0.717, 1.165) is 31.5 Å². The summed E-state index contributed by atoms with van der Waals surface area (Å²) < 4.78 is 0. The van der Waals surface area contributed by atoms with Gasteiger partial charge in [-0.05, 0) is 50.9 Å². The number of rotatable bonds is 3. The van der Waals surface area contributed by atoms with E-state index in [-0.39, 0.29) is 5.91 Å². The van der Waals surface area contributed by atoms with Gasteiger partial charge in [-0.3, -0.25) is 4.79 Å². The molecular weight excluding hydrogens is 224 g/mol. The molecule has 2 rings (SSSR count). The van der Waals surface area contributed by atoms with Crippen LogP contribution in [0.2, 0.25) is 0 Å². The average molecular weight is 246 g/mol. The number of nitrogens with one attached hydrogen (secondary N) is 2. The van der Waals surface area contributed by atoms with E-state index in [0.29, 0.717) is 12.5 Å². The normalized spacial score (nSPS) is 16.6. The van der Waals surface area contributed by atoms with Crippen molar-refractivity contribution in [3.8, 4) is 0 Å². The quantitative estimate of drug-likeness (QED) is 0.852. The van der Waals surface area contributed by atoms with Gasteiger partial charge in [0.2, 0.25) is 5.91 Å². The molecule has 1 fully saturated rings. The lowest BCUT2D eigenvalue weighted by molar-refractivity contribution is -0.121. The van der Waals surface area contributed by atoms with Gasteiger partial charge in [0.1, 0.15) is 0 Å². The summed E-state index contributed by atoms with van der Waals surface area (Å²) in [5.41, 5.74) is 3.55. The Hall–Kier alpha value is -1.35. The van der Waals surface area contributed by atoms with Crippen LogP contribution in [0.1, 0.15) is 29.5 Å². The van der Waals surface area contributed by atoms with E-state index in [1.54, 1.807) is 0 Å². The smallest absolute Gasteiger partial charge is 0.224 e. The maximum atomic E-state index is 12.0. The molecule has 0 saturated carbocycles. The summed E-state index contributed by atoms with van der Waals surface area (Å²) in [6.45, 7) is 6.14. The standard InChI is InChI=1S/C15H22N2O/c1-11-3-4-12(2)13(9-11)10-15(18)17-14-5-7-16-8-6-14/h3-4,9,14,16H,5-8,10H2,1-2H3,(H,17,18). The third-order valence-corrected chi connectivity index (χ3v) is 3.56. The zero-order chi connectivity index (χ0) is 13.0. The minimum atomic E-state index is 0.149. The molecular formula is C15H22N2O. The third-order valence-electron chi connectivity index (χ3n) is 3.56. The molecule has 0 spiro atoms.